The van der Waals surface area contributed by atoms with Gasteiger partial charge in [-0.3, -0.25) is 10.1 Å². The van der Waals surface area contributed by atoms with Crippen molar-refractivity contribution in [2.45, 2.75) is 71.0 Å². The van der Waals surface area contributed by atoms with Crippen LogP contribution >= 0.6 is 0 Å². The summed E-state index contributed by atoms with van der Waals surface area (Å²) in [6, 6.07) is 7.94. The van der Waals surface area contributed by atoms with Crippen molar-refractivity contribution in [2.24, 2.45) is 0 Å². The van der Waals surface area contributed by atoms with Gasteiger partial charge in [-0.15, -0.1) is 5.54 Å². The van der Waals surface area contributed by atoms with Crippen LogP contribution in [-0.4, -0.2) is 19.5 Å². The zero-order valence-corrected chi connectivity index (χ0v) is 17.1. The summed E-state index contributed by atoms with van der Waals surface area (Å²) < 4.78 is 0. The number of aryl methyl sites for hydroxylation is 1. The van der Waals surface area contributed by atoms with Gasteiger partial charge < -0.3 is 0 Å². The van der Waals surface area contributed by atoms with Crippen LogP contribution in [0.5, 0.6) is 0 Å². The van der Waals surface area contributed by atoms with Crippen LogP contribution in [0.25, 0.3) is 0 Å². The molecule has 0 spiro atoms. The van der Waals surface area contributed by atoms with E-state index in [1.54, 1.807) is 0 Å². The van der Waals surface area contributed by atoms with Crippen LogP contribution in [-0.2, 0) is 0 Å². The van der Waals surface area contributed by atoms with Crippen molar-refractivity contribution >= 4 is 8.07 Å². The van der Waals surface area contributed by atoms with Crippen LogP contribution in [0.15, 0.2) is 24.3 Å². The molecule has 0 saturated carbocycles. The third-order valence-corrected chi connectivity index (χ3v) is 11.4. The summed E-state index contributed by atoms with van der Waals surface area (Å²) in [5.74, 6) is 3.02. The van der Waals surface area contributed by atoms with Crippen LogP contribution in [0, 0.1) is 28.5 Å². The SMILES string of the molecule is Cc1cccc([C@H](C#C[Si](C(C)C)(C(C)C)C(C)C)C[N+](=O)[O-])c1. The van der Waals surface area contributed by atoms with E-state index in [-0.39, 0.29) is 17.4 Å². The average Bonchev–Trinajstić information content (AvgIpc) is 2.45. The number of hydrogen-bond acceptors (Lipinski definition) is 2. The first kappa shape index (κ1) is 20.4. The van der Waals surface area contributed by atoms with Crippen molar-refractivity contribution in [3.63, 3.8) is 0 Å². The van der Waals surface area contributed by atoms with Crippen LogP contribution in [0.3, 0.4) is 0 Å². The van der Waals surface area contributed by atoms with Crippen molar-refractivity contribution in [3.8, 4) is 11.5 Å². The second-order valence-electron chi connectivity index (χ2n) is 7.65. The van der Waals surface area contributed by atoms with Crippen molar-refractivity contribution in [2.75, 3.05) is 6.54 Å². The second kappa shape index (κ2) is 8.48. The predicted molar refractivity (Wildman–Crippen MR) is 105 cm³/mol. The molecule has 0 aliphatic rings. The molecule has 24 heavy (non-hydrogen) atoms. The highest BCUT2D eigenvalue weighted by molar-refractivity contribution is 6.90. The molecule has 0 saturated heterocycles. The van der Waals surface area contributed by atoms with E-state index in [0.717, 1.165) is 11.1 Å². The van der Waals surface area contributed by atoms with Crippen LogP contribution in [0.4, 0.5) is 0 Å². The first-order valence-corrected chi connectivity index (χ1v) is 11.1. The summed E-state index contributed by atoms with van der Waals surface area (Å²) in [6.45, 7) is 15.4. The Kier molecular flexibility index (Phi) is 7.22. The predicted octanol–water partition coefficient (Wildman–Crippen LogP) is 5.58. The van der Waals surface area contributed by atoms with E-state index >= 15 is 0 Å². The summed E-state index contributed by atoms with van der Waals surface area (Å²) in [5, 5.41) is 11.1. The van der Waals surface area contributed by atoms with Crippen molar-refractivity contribution in [1.82, 2.24) is 0 Å². The maximum absolute atomic E-state index is 11.1. The molecule has 0 aromatic heterocycles. The largest absolute Gasteiger partial charge is 0.264 e. The third kappa shape index (κ3) is 4.70. The molecule has 0 unspecified atom stereocenters. The lowest BCUT2D eigenvalue weighted by atomic mass is 9.98. The Morgan fingerprint density at radius 2 is 1.62 bits per heavy atom. The minimum Gasteiger partial charge on any atom is -0.264 e. The number of nitro groups is 1. The molecule has 4 heteroatoms. The summed E-state index contributed by atoms with van der Waals surface area (Å²) in [6.07, 6.45) is 0. The number of rotatable bonds is 6. The summed E-state index contributed by atoms with van der Waals surface area (Å²) in [5.41, 5.74) is 7.29. The van der Waals surface area contributed by atoms with E-state index in [4.69, 9.17) is 0 Å². The Hall–Kier alpha value is -1.60. The molecule has 1 aromatic rings. The van der Waals surface area contributed by atoms with Crippen LogP contribution in [0.1, 0.15) is 58.6 Å². The van der Waals surface area contributed by atoms with Gasteiger partial charge in [-0.05, 0) is 29.1 Å². The van der Waals surface area contributed by atoms with E-state index in [9.17, 15) is 10.1 Å². The number of nitrogens with zero attached hydrogens (tertiary/aromatic N) is 1. The second-order valence-corrected chi connectivity index (χ2v) is 13.2. The Bertz CT molecular complexity index is 604. The van der Waals surface area contributed by atoms with E-state index in [1.807, 2.05) is 31.2 Å². The van der Waals surface area contributed by atoms with Gasteiger partial charge in [0.05, 0.1) is 0 Å². The topological polar surface area (TPSA) is 43.1 Å². The minimum absolute atomic E-state index is 0.130. The van der Waals surface area contributed by atoms with Gasteiger partial charge in [0.1, 0.15) is 14.0 Å². The van der Waals surface area contributed by atoms with Gasteiger partial charge in [-0.25, -0.2) is 0 Å². The molecule has 0 aliphatic carbocycles. The molecule has 0 bridgehead atoms. The number of hydrogen-bond donors (Lipinski definition) is 0. The molecule has 132 valence electrons. The van der Waals surface area contributed by atoms with Gasteiger partial charge in [-0.1, -0.05) is 77.3 Å². The Morgan fingerprint density at radius 3 is 2.04 bits per heavy atom. The normalized spacial score (nSPS) is 13.1. The van der Waals surface area contributed by atoms with E-state index < -0.39 is 8.07 Å². The lowest BCUT2D eigenvalue weighted by Crippen LogP contribution is -2.43. The smallest absolute Gasteiger partial charge is 0.221 e. The summed E-state index contributed by atoms with van der Waals surface area (Å²) >= 11 is 0. The monoisotopic (exact) mass is 345 g/mol. The van der Waals surface area contributed by atoms with Gasteiger partial charge >= 0.3 is 0 Å². The fraction of sp³-hybridized carbons (Fsp3) is 0.600. The molecule has 0 radical (unpaired) electrons. The van der Waals surface area contributed by atoms with Gasteiger partial charge in [0.25, 0.3) is 0 Å². The molecule has 3 nitrogen and oxygen atoms in total. The molecule has 0 amide bonds. The molecular weight excluding hydrogens is 314 g/mol. The zero-order chi connectivity index (χ0) is 18.5. The van der Waals surface area contributed by atoms with Crippen LogP contribution < -0.4 is 0 Å². The average molecular weight is 346 g/mol. The Balaban J connectivity index is 3.36. The molecule has 0 fully saturated rings. The maximum atomic E-state index is 11.1. The van der Waals surface area contributed by atoms with Gasteiger partial charge in [0.2, 0.25) is 6.54 Å². The molecule has 0 N–H and O–H groups in total. The minimum atomic E-state index is -1.87. The fourth-order valence-corrected chi connectivity index (χ4v) is 9.21. The molecule has 1 rings (SSSR count). The third-order valence-electron chi connectivity index (χ3n) is 5.11. The van der Waals surface area contributed by atoms with Crippen molar-refractivity contribution in [3.05, 3.63) is 45.5 Å². The van der Waals surface area contributed by atoms with Gasteiger partial charge in [0, 0.05) is 4.92 Å². The zero-order valence-electron chi connectivity index (χ0n) is 16.1. The first-order valence-electron chi connectivity index (χ1n) is 8.82. The number of benzene rings is 1. The van der Waals surface area contributed by atoms with E-state index in [2.05, 4.69) is 53.0 Å². The Morgan fingerprint density at radius 1 is 1.08 bits per heavy atom. The van der Waals surface area contributed by atoms with Gasteiger partial charge in [-0.2, -0.15) is 0 Å². The fourth-order valence-electron chi connectivity index (χ4n) is 3.92. The molecule has 1 atom stereocenters. The highest BCUT2D eigenvalue weighted by Gasteiger charge is 2.41. The molecule has 0 aliphatic heterocycles. The highest BCUT2D eigenvalue weighted by atomic mass is 28.3. The summed E-state index contributed by atoms with van der Waals surface area (Å²) in [4.78, 5) is 10.9. The van der Waals surface area contributed by atoms with E-state index in [0.29, 0.717) is 16.6 Å². The lowest BCUT2D eigenvalue weighted by molar-refractivity contribution is -0.481. The molecular formula is C20H31NO2Si. The van der Waals surface area contributed by atoms with Crippen molar-refractivity contribution < 1.29 is 4.92 Å². The molecule has 1 aromatic carbocycles. The van der Waals surface area contributed by atoms with E-state index in [1.165, 1.54) is 0 Å². The lowest BCUT2D eigenvalue weighted by Gasteiger charge is -2.38. The first-order chi connectivity index (χ1) is 11.1. The highest BCUT2D eigenvalue weighted by Crippen LogP contribution is 2.41. The van der Waals surface area contributed by atoms with Crippen molar-refractivity contribution in [1.29, 1.82) is 0 Å². The quantitative estimate of drug-likeness (QED) is 0.292. The Labute approximate surface area is 148 Å². The van der Waals surface area contributed by atoms with Crippen LogP contribution in [0.2, 0.25) is 16.6 Å². The summed E-state index contributed by atoms with van der Waals surface area (Å²) in [7, 11) is -1.87. The van der Waals surface area contributed by atoms with Gasteiger partial charge in [0.15, 0.2) is 0 Å². The molecule has 0 heterocycles. The maximum Gasteiger partial charge on any atom is 0.221 e. The standard InChI is InChI=1S/C20H31NO2Si/c1-15(2)24(16(3)4,17(5)6)12-11-20(14-21(22)23)19-10-8-9-18(7)13-19/h8-10,13,15-17,20H,14H2,1-7H3/t20-/m1/s1.